The van der Waals surface area contributed by atoms with Gasteiger partial charge in [0, 0.05) is 29.1 Å². The van der Waals surface area contributed by atoms with E-state index in [9.17, 15) is 0 Å². The van der Waals surface area contributed by atoms with Crippen LogP contribution in [0.5, 0.6) is 11.5 Å². The molecule has 0 bridgehead atoms. The fraction of sp³-hybridized carbons (Fsp3) is 0.0833. The maximum absolute atomic E-state index is 5.69. The molecule has 30 heavy (non-hydrogen) atoms. The lowest BCUT2D eigenvalue weighted by Gasteiger charge is -2.19. The standard InChI is InChI=1S/C24H20N4O2/c1-3-7-17(8-4-1)20-16-23(28-24(27-20)26-18-9-5-2-6-10-18)25-19-11-12-21-22(15-19)30-14-13-29-21/h1-12,15-16H,13-14H2,(H2,25,26,27,28). The number of nitrogens with one attached hydrogen (secondary N) is 2. The minimum absolute atomic E-state index is 0.516. The Labute approximate surface area is 174 Å². The van der Waals surface area contributed by atoms with Crippen molar-refractivity contribution in [2.75, 3.05) is 23.8 Å². The van der Waals surface area contributed by atoms with Crippen molar-refractivity contribution in [2.24, 2.45) is 0 Å². The quantitative estimate of drug-likeness (QED) is 0.471. The topological polar surface area (TPSA) is 68.3 Å². The van der Waals surface area contributed by atoms with Crippen LogP contribution < -0.4 is 20.1 Å². The predicted octanol–water partition coefficient (Wildman–Crippen LogP) is 5.40. The number of hydrogen-bond donors (Lipinski definition) is 2. The molecule has 0 saturated carbocycles. The molecule has 0 fully saturated rings. The van der Waals surface area contributed by atoms with Gasteiger partial charge in [-0.2, -0.15) is 4.98 Å². The molecule has 1 aliphatic rings. The molecule has 2 heterocycles. The molecule has 6 heteroatoms. The van der Waals surface area contributed by atoms with Gasteiger partial charge in [-0.05, 0) is 24.3 Å². The third kappa shape index (κ3) is 4.03. The van der Waals surface area contributed by atoms with Crippen LogP contribution in [-0.2, 0) is 0 Å². The van der Waals surface area contributed by atoms with Crippen molar-refractivity contribution in [3.8, 4) is 22.8 Å². The van der Waals surface area contributed by atoms with E-state index in [0.29, 0.717) is 25.0 Å². The van der Waals surface area contributed by atoms with Crippen LogP contribution in [0.15, 0.2) is 84.9 Å². The zero-order valence-electron chi connectivity index (χ0n) is 16.2. The lowest BCUT2D eigenvalue weighted by Crippen LogP contribution is -2.15. The Morgan fingerprint density at radius 3 is 2.17 bits per heavy atom. The maximum Gasteiger partial charge on any atom is 0.229 e. The molecule has 0 unspecified atom stereocenters. The Kier molecular flexibility index (Phi) is 4.88. The fourth-order valence-corrected chi connectivity index (χ4v) is 3.24. The lowest BCUT2D eigenvalue weighted by molar-refractivity contribution is 0.171. The van der Waals surface area contributed by atoms with Crippen LogP contribution >= 0.6 is 0 Å². The summed E-state index contributed by atoms with van der Waals surface area (Å²) in [4.78, 5) is 9.36. The number of rotatable bonds is 5. The van der Waals surface area contributed by atoms with Crippen molar-refractivity contribution in [2.45, 2.75) is 0 Å². The number of fused-ring (bicyclic) bond motifs is 1. The summed E-state index contributed by atoms with van der Waals surface area (Å²) in [6.45, 7) is 1.12. The van der Waals surface area contributed by atoms with Gasteiger partial charge < -0.3 is 20.1 Å². The second-order valence-electron chi connectivity index (χ2n) is 6.80. The van der Waals surface area contributed by atoms with E-state index in [1.54, 1.807) is 0 Å². The largest absolute Gasteiger partial charge is 0.486 e. The third-order valence-corrected chi connectivity index (χ3v) is 4.64. The summed E-state index contributed by atoms with van der Waals surface area (Å²) in [6, 6.07) is 27.6. The zero-order chi connectivity index (χ0) is 20.2. The molecule has 1 aromatic heterocycles. The van der Waals surface area contributed by atoms with E-state index < -0.39 is 0 Å². The molecule has 2 N–H and O–H groups in total. The van der Waals surface area contributed by atoms with E-state index in [1.807, 2.05) is 84.9 Å². The first-order valence-corrected chi connectivity index (χ1v) is 9.77. The highest BCUT2D eigenvalue weighted by Gasteiger charge is 2.13. The molecular formula is C24H20N4O2. The molecule has 4 aromatic rings. The van der Waals surface area contributed by atoms with Crippen molar-refractivity contribution in [1.82, 2.24) is 9.97 Å². The van der Waals surface area contributed by atoms with Crippen molar-refractivity contribution < 1.29 is 9.47 Å². The zero-order valence-corrected chi connectivity index (χ0v) is 16.2. The van der Waals surface area contributed by atoms with Crippen molar-refractivity contribution in [3.05, 3.63) is 84.9 Å². The second-order valence-corrected chi connectivity index (χ2v) is 6.80. The van der Waals surface area contributed by atoms with Gasteiger partial charge in [0.15, 0.2) is 11.5 Å². The van der Waals surface area contributed by atoms with Gasteiger partial charge in [-0.3, -0.25) is 0 Å². The van der Waals surface area contributed by atoms with Gasteiger partial charge in [-0.15, -0.1) is 0 Å². The molecule has 0 atom stereocenters. The maximum atomic E-state index is 5.69. The summed E-state index contributed by atoms with van der Waals surface area (Å²) in [5, 5.41) is 6.65. The monoisotopic (exact) mass is 396 g/mol. The van der Waals surface area contributed by atoms with Crippen LogP contribution in [0.25, 0.3) is 11.3 Å². The van der Waals surface area contributed by atoms with Crippen molar-refractivity contribution >= 4 is 23.1 Å². The average molecular weight is 396 g/mol. The molecule has 0 amide bonds. The highest BCUT2D eigenvalue weighted by molar-refractivity contribution is 5.69. The molecule has 0 aliphatic carbocycles. The Balaban J connectivity index is 1.49. The first kappa shape index (κ1) is 18.0. The Bertz CT molecular complexity index is 1150. The predicted molar refractivity (Wildman–Crippen MR) is 118 cm³/mol. The van der Waals surface area contributed by atoms with E-state index in [-0.39, 0.29) is 0 Å². The summed E-state index contributed by atoms with van der Waals surface area (Å²) < 4.78 is 11.3. The molecule has 148 valence electrons. The van der Waals surface area contributed by atoms with Gasteiger partial charge in [0.05, 0.1) is 5.69 Å². The van der Waals surface area contributed by atoms with Gasteiger partial charge in [0.25, 0.3) is 0 Å². The number of aromatic nitrogens is 2. The minimum atomic E-state index is 0.516. The summed E-state index contributed by atoms with van der Waals surface area (Å²) in [7, 11) is 0. The van der Waals surface area contributed by atoms with E-state index in [0.717, 1.165) is 34.1 Å². The van der Waals surface area contributed by atoms with E-state index in [1.165, 1.54) is 0 Å². The van der Waals surface area contributed by atoms with Crippen LogP contribution in [0.1, 0.15) is 0 Å². The van der Waals surface area contributed by atoms with Gasteiger partial charge in [0.2, 0.25) is 5.95 Å². The smallest absolute Gasteiger partial charge is 0.229 e. The average Bonchev–Trinajstić information content (AvgIpc) is 2.80. The van der Waals surface area contributed by atoms with Crippen LogP contribution in [0.2, 0.25) is 0 Å². The molecule has 1 aliphatic heterocycles. The molecule has 3 aromatic carbocycles. The summed E-state index contributed by atoms with van der Waals surface area (Å²) in [5.74, 6) is 2.68. The summed E-state index contributed by atoms with van der Waals surface area (Å²) in [6.07, 6.45) is 0. The van der Waals surface area contributed by atoms with Crippen molar-refractivity contribution in [3.63, 3.8) is 0 Å². The van der Waals surface area contributed by atoms with Gasteiger partial charge in [0.1, 0.15) is 19.0 Å². The Hall–Kier alpha value is -4.06. The number of hydrogen-bond acceptors (Lipinski definition) is 6. The molecule has 0 saturated heterocycles. The first-order valence-electron chi connectivity index (χ1n) is 9.77. The number of anilines is 4. The third-order valence-electron chi connectivity index (χ3n) is 4.64. The first-order chi connectivity index (χ1) is 14.8. The molecule has 5 rings (SSSR count). The minimum Gasteiger partial charge on any atom is -0.486 e. The van der Waals surface area contributed by atoms with Crippen LogP contribution in [0, 0.1) is 0 Å². The number of ether oxygens (including phenoxy) is 2. The van der Waals surface area contributed by atoms with E-state index in [2.05, 4.69) is 15.6 Å². The van der Waals surface area contributed by atoms with Crippen LogP contribution in [0.4, 0.5) is 23.1 Å². The van der Waals surface area contributed by atoms with Gasteiger partial charge in [-0.25, -0.2) is 4.98 Å². The SMILES string of the molecule is c1ccc(Nc2nc(Nc3ccc4c(c3)OCCO4)cc(-c3ccccc3)n2)cc1. The summed E-state index contributed by atoms with van der Waals surface area (Å²) >= 11 is 0. The fourth-order valence-electron chi connectivity index (χ4n) is 3.24. The summed E-state index contributed by atoms with van der Waals surface area (Å²) in [5.41, 5.74) is 3.63. The van der Waals surface area contributed by atoms with Crippen LogP contribution in [-0.4, -0.2) is 23.2 Å². The van der Waals surface area contributed by atoms with Crippen molar-refractivity contribution in [1.29, 1.82) is 0 Å². The Morgan fingerprint density at radius 1 is 0.633 bits per heavy atom. The Morgan fingerprint density at radius 2 is 1.37 bits per heavy atom. The lowest BCUT2D eigenvalue weighted by atomic mass is 10.1. The van der Waals surface area contributed by atoms with Gasteiger partial charge >= 0.3 is 0 Å². The highest BCUT2D eigenvalue weighted by atomic mass is 16.6. The van der Waals surface area contributed by atoms with E-state index in [4.69, 9.17) is 14.5 Å². The molecule has 6 nitrogen and oxygen atoms in total. The number of nitrogens with zero attached hydrogens (tertiary/aromatic N) is 2. The molecule has 0 radical (unpaired) electrons. The number of para-hydroxylation sites is 1. The molecular weight excluding hydrogens is 376 g/mol. The molecule has 0 spiro atoms. The number of benzene rings is 3. The highest BCUT2D eigenvalue weighted by Crippen LogP contribution is 2.34. The normalized spacial score (nSPS) is 12.3. The van der Waals surface area contributed by atoms with Gasteiger partial charge in [-0.1, -0.05) is 48.5 Å². The second kappa shape index (κ2) is 8.13. The van der Waals surface area contributed by atoms with E-state index >= 15 is 0 Å². The van der Waals surface area contributed by atoms with Crippen LogP contribution in [0.3, 0.4) is 0 Å².